The maximum absolute atomic E-state index is 12.6. The van der Waals surface area contributed by atoms with E-state index in [0.29, 0.717) is 17.3 Å². The molecule has 0 radical (unpaired) electrons. The fourth-order valence-corrected chi connectivity index (χ4v) is 6.05. The molecule has 1 aliphatic rings. The van der Waals surface area contributed by atoms with Gasteiger partial charge in [-0.2, -0.15) is 13.2 Å². The lowest BCUT2D eigenvalue weighted by atomic mass is 9.82. The highest BCUT2D eigenvalue weighted by atomic mass is 35.5. The molecule has 0 spiro atoms. The lowest BCUT2D eigenvalue weighted by Crippen LogP contribution is -2.35. The molecule has 1 saturated carbocycles. The summed E-state index contributed by atoms with van der Waals surface area (Å²) in [6, 6.07) is 10.0. The van der Waals surface area contributed by atoms with Crippen molar-refractivity contribution in [3.05, 3.63) is 85.9 Å². The number of benzene rings is 3. The quantitative estimate of drug-likeness (QED) is 0.0471. The second-order valence-electron chi connectivity index (χ2n) is 12.4. The molecule has 3 aromatic carbocycles. The summed E-state index contributed by atoms with van der Waals surface area (Å²) >= 11 is 11.7. The number of aliphatic carboxylic acids is 1. The molecule has 0 heterocycles. The number of nitro groups is 1. The van der Waals surface area contributed by atoms with Crippen molar-refractivity contribution in [2.45, 2.75) is 37.3 Å². The molecule has 3 N–H and O–H groups in total. The van der Waals surface area contributed by atoms with Crippen molar-refractivity contribution in [1.82, 2.24) is 5.32 Å². The van der Waals surface area contributed by atoms with E-state index in [4.69, 9.17) is 42.7 Å². The van der Waals surface area contributed by atoms with Crippen LogP contribution in [-0.4, -0.2) is 91.1 Å². The Bertz CT molecular complexity index is 2130. The van der Waals surface area contributed by atoms with E-state index in [1.165, 1.54) is 30.3 Å². The van der Waals surface area contributed by atoms with Crippen LogP contribution in [-0.2, 0) is 45.9 Å². The maximum atomic E-state index is 12.6. The average Bonchev–Trinajstić information content (AvgIpc) is 3.08. The minimum atomic E-state index is -4.52. The molecule has 0 aromatic heterocycles. The zero-order valence-electron chi connectivity index (χ0n) is 31.9. The lowest BCUT2D eigenvalue weighted by Gasteiger charge is -2.18. The number of Topliss-reactive ketones (excluding diaryl/α,β-unsaturated/α-hetero) is 3. The van der Waals surface area contributed by atoms with E-state index >= 15 is 0 Å². The number of ketones is 3. The predicted octanol–water partition coefficient (Wildman–Crippen LogP) is 5.98. The van der Waals surface area contributed by atoms with E-state index < -0.39 is 76.2 Å². The molecule has 1 fully saturated rings. The van der Waals surface area contributed by atoms with Crippen LogP contribution < -0.4 is 19.7 Å². The fraction of sp³-hybridized carbons (Fsp3) is 0.371. The van der Waals surface area contributed by atoms with Gasteiger partial charge in [-0.05, 0) is 66.7 Å². The van der Waals surface area contributed by atoms with Crippen LogP contribution >= 0.6 is 30.8 Å². The number of sulfone groups is 1. The Kier molecular flexibility index (Phi) is 21.2. The zero-order valence-corrected chi connectivity index (χ0v) is 35.9. The number of carboxylic acids is 1. The number of ether oxygens (including phenoxy) is 2. The summed E-state index contributed by atoms with van der Waals surface area (Å²) in [7, 11) is -7.15. The van der Waals surface area contributed by atoms with Crippen molar-refractivity contribution in [3.63, 3.8) is 0 Å². The first-order valence-corrected chi connectivity index (χ1v) is 23.4. The highest BCUT2D eigenvalue weighted by Crippen LogP contribution is 2.38. The molecule has 0 saturated heterocycles. The van der Waals surface area contributed by atoms with Gasteiger partial charge in [0.25, 0.3) is 0 Å². The standard InChI is InChI=1S/C15H11ClF3NO4.C14H13ClO5S.C3H8NO5P.C3H9S/c1-2-23-14-8-10(4-5-12(14)20(21)22)24-13-6-3-9(7-11(13)16)15(17,18)19;1-21(19,20)8-5-6-9(10(15)7-8)14(18)13-11(16)3-2-4-12(13)17;5-3(6)1-4-2-10(7,8)9;1-4(2)3/h3-8H,2H2,1H3;5-7,13H,2-4H2,1H3;4H,1-2H2,(H,5,6)(H2,7,8,9);1-3H3/q;;;+1/p-1. The van der Waals surface area contributed by atoms with E-state index in [1.807, 2.05) is 5.32 Å². The molecule has 326 valence electrons. The van der Waals surface area contributed by atoms with E-state index in [9.17, 15) is 60.3 Å². The molecule has 16 nitrogen and oxygen atoms in total. The molecule has 1 atom stereocenters. The van der Waals surface area contributed by atoms with Gasteiger partial charge in [0.05, 0.1) is 63.6 Å². The summed E-state index contributed by atoms with van der Waals surface area (Å²) in [6.45, 7) is 1.38. The first kappa shape index (κ1) is 52.9. The first-order chi connectivity index (χ1) is 27.1. The summed E-state index contributed by atoms with van der Waals surface area (Å²) < 4.78 is 81.2. The van der Waals surface area contributed by atoms with Crippen LogP contribution in [0.5, 0.6) is 17.2 Å². The number of nitrogens with one attached hydrogen (secondary N) is 1. The van der Waals surface area contributed by atoms with Gasteiger partial charge in [0, 0.05) is 36.8 Å². The Hall–Kier alpha value is -4.08. The topological polar surface area (TPSA) is 257 Å². The SMILES string of the molecule is CCOc1cc(Oc2ccc(C(F)(F)F)cc2Cl)ccc1[N+](=O)[O-].CS(=O)(=O)c1ccc(C(=O)C2C(=O)CCCC2=O)c(Cl)c1.C[S+](C)C.O=C(O)CNCP(=O)([O-])O. The summed E-state index contributed by atoms with van der Waals surface area (Å²) in [6.07, 6.45) is 3.23. The van der Waals surface area contributed by atoms with Gasteiger partial charge in [0.1, 0.15) is 25.0 Å². The van der Waals surface area contributed by atoms with E-state index in [2.05, 4.69) is 18.8 Å². The predicted molar refractivity (Wildman–Crippen MR) is 213 cm³/mol. The summed E-state index contributed by atoms with van der Waals surface area (Å²) in [5.41, 5.74) is -1.15. The highest BCUT2D eigenvalue weighted by Gasteiger charge is 2.37. The number of halogens is 5. The van der Waals surface area contributed by atoms with Crippen LogP contribution in [0.4, 0.5) is 18.9 Å². The summed E-state index contributed by atoms with van der Waals surface area (Å²) in [5.74, 6) is -3.82. The van der Waals surface area contributed by atoms with Crippen LogP contribution in [0.2, 0.25) is 10.0 Å². The van der Waals surface area contributed by atoms with Crippen LogP contribution in [0.1, 0.15) is 42.1 Å². The van der Waals surface area contributed by atoms with Gasteiger partial charge in [-0.1, -0.05) is 23.2 Å². The molecule has 4 rings (SSSR count). The van der Waals surface area contributed by atoms with Crippen LogP contribution in [0.15, 0.2) is 59.5 Å². The molecular formula is C35H40Cl2F3N2O14PS2. The third-order valence-electron chi connectivity index (χ3n) is 6.89. The number of hydrogen-bond acceptors (Lipinski definition) is 13. The Labute approximate surface area is 350 Å². The normalized spacial score (nSPS) is 14.0. The minimum absolute atomic E-state index is 0.00216. The van der Waals surface area contributed by atoms with Crippen molar-refractivity contribution in [1.29, 1.82) is 0 Å². The van der Waals surface area contributed by atoms with Crippen molar-refractivity contribution in [2.24, 2.45) is 5.92 Å². The van der Waals surface area contributed by atoms with Gasteiger partial charge in [0.2, 0.25) is 5.75 Å². The molecule has 0 amide bonds. The molecule has 0 bridgehead atoms. The van der Waals surface area contributed by atoms with Gasteiger partial charge in [-0.25, -0.2) is 8.42 Å². The Morgan fingerprint density at radius 1 is 1.00 bits per heavy atom. The fourth-order valence-electron chi connectivity index (χ4n) is 4.45. The molecule has 59 heavy (non-hydrogen) atoms. The van der Waals surface area contributed by atoms with Crippen LogP contribution in [0.3, 0.4) is 0 Å². The van der Waals surface area contributed by atoms with Crippen LogP contribution in [0.25, 0.3) is 0 Å². The molecule has 1 aliphatic carbocycles. The van der Waals surface area contributed by atoms with Gasteiger partial charge < -0.3 is 28.9 Å². The number of rotatable bonds is 12. The second kappa shape index (κ2) is 23.6. The average molecular weight is 936 g/mol. The number of carboxylic acid groups (broad SMARTS) is 1. The molecular weight excluding hydrogens is 895 g/mol. The molecule has 0 aliphatic heterocycles. The Morgan fingerprint density at radius 2 is 1.58 bits per heavy atom. The first-order valence-electron chi connectivity index (χ1n) is 16.6. The van der Waals surface area contributed by atoms with Gasteiger partial charge in [-0.3, -0.25) is 34.6 Å². The maximum Gasteiger partial charge on any atom is 0.416 e. The smallest absolute Gasteiger partial charge is 0.416 e. The minimum Gasteiger partial charge on any atom is -0.778 e. The summed E-state index contributed by atoms with van der Waals surface area (Å²) in [5, 5.41) is 20.6. The van der Waals surface area contributed by atoms with Crippen LogP contribution in [0, 0.1) is 16.0 Å². The van der Waals surface area contributed by atoms with Gasteiger partial charge in [0.15, 0.2) is 27.2 Å². The van der Waals surface area contributed by atoms with E-state index in [-0.39, 0.29) is 62.9 Å². The molecule has 1 unspecified atom stereocenters. The van der Waals surface area contributed by atoms with Crippen molar-refractivity contribution in [2.75, 3.05) is 44.5 Å². The summed E-state index contributed by atoms with van der Waals surface area (Å²) in [4.78, 5) is 73.9. The van der Waals surface area contributed by atoms with Crippen molar-refractivity contribution < 1.29 is 74.6 Å². The van der Waals surface area contributed by atoms with Gasteiger partial charge >= 0.3 is 17.8 Å². The Balaban J connectivity index is 0.000000452. The lowest BCUT2D eigenvalue weighted by molar-refractivity contribution is -0.385. The van der Waals surface area contributed by atoms with E-state index in [1.54, 1.807) is 6.92 Å². The molecule has 3 aromatic rings. The monoisotopic (exact) mass is 934 g/mol. The van der Waals surface area contributed by atoms with Crippen molar-refractivity contribution in [3.8, 4) is 17.2 Å². The van der Waals surface area contributed by atoms with Gasteiger partial charge in [-0.15, -0.1) is 0 Å². The second-order valence-corrected chi connectivity index (χ2v) is 19.3. The van der Waals surface area contributed by atoms with Crippen molar-refractivity contribution >= 4 is 80.5 Å². The number of carbonyl (C=O) groups is 4. The third-order valence-corrected chi connectivity index (χ3v) is 9.23. The number of hydrogen-bond donors (Lipinski definition) is 3. The highest BCUT2D eigenvalue weighted by molar-refractivity contribution is 7.94. The Morgan fingerprint density at radius 3 is 2.02 bits per heavy atom. The number of nitro benzene ring substituents is 1. The largest absolute Gasteiger partial charge is 0.778 e. The number of carbonyl (C=O) groups excluding carboxylic acids is 3. The zero-order chi connectivity index (χ0) is 45.5. The van der Waals surface area contributed by atoms with E-state index in [0.717, 1.165) is 30.5 Å². The third kappa shape index (κ3) is 19.2. The number of alkyl halides is 3. The number of nitrogens with zero attached hydrogens (tertiary/aromatic N) is 1. The molecule has 24 heteroatoms.